The van der Waals surface area contributed by atoms with E-state index in [1.54, 1.807) is 17.9 Å². The van der Waals surface area contributed by atoms with Gasteiger partial charge in [0.1, 0.15) is 11.5 Å². The van der Waals surface area contributed by atoms with Crippen LogP contribution in [0, 0.1) is 17.7 Å². The van der Waals surface area contributed by atoms with Crippen molar-refractivity contribution in [3.63, 3.8) is 0 Å². The van der Waals surface area contributed by atoms with E-state index in [1.165, 1.54) is 18.2 Å². The van der Waals surface area contributed by atoms with Gasteiger partial charge in [0, 0.05) is 18.7 Å². The first-order valence-corrected chi connectivity index (χ1v) is 9.78. The summed E-state index contributed by atoms with van der Waals surface area (Å²) in [4.78, 5) is 17.4. The minimum atomic E-state index is -0.966. The molecule has 2 saturated carbocycles. The van der Waals surface area contributed by atoms with Gasteiger partial charge in [0.15, 0.2) is 0 Å². The number of aliphatic hydroxyl groups excluding tert-OH is 1. The van der Waals surface area contributed by atoms with Crippen LogP contribution in [0.4, 0.5) is 10.1 Å². The van der Waals surface area contributed by atoms with Crippen LogP contribution < -0.4 is 5.32 Å². The molecule has 6 nitrogen and oxygen atoms in total. The second-order valence-corrected chi connectivity index (χ2v) is 8.56. The third-order valence-corrected chi connectivity index (χ3v) is 6.45. The number of aryl methyl sites for hydroxylation is 1. The van der Waals surface area contributed by atoms with Crippen LogP contribution in [0.5, 0.6) is 0 Å². The molecule has 0 saturated heterocycles. The van der Waals surface area contributed by atoms with E-state index in [2.05, 4.69) is 10.3 Å². The van der Waals surface area contributed by atoms with E-state index >= 15 is 0 Å². The summed E-state index contributed by atoms with van der Waals surface area (Å²) >= 11 is 5.80. The highest BCUT2D eigenvalue weighted by atomic mass is 35.5. The predicted octanol–water partition coefficient (Wildman–Crippen LogP) is 3.09. The molecule has 0 spiro atoms. The summed E-state index contributed by atoms with van der Waals surface area (Å²) in [5.74, 6) is -0.0632. The molecule has 2 aliphatic rings. The highest BCUT2D eigenvalue weighted by molar-refractivity contribution is 6.31. The normalized spacial score (nSPS) is 29.1. The number of carbonyl (C=O) groups is 1. The summed E-state index contributed by atoms with van der Waals surface area (Å²) in [6.45, 7) is -0.206. The number of aromatic nitrogens is 2. The van der Waals surface area contributed by atoms with Crippen molar-refractivity contribution < 1.29 is 19.4 Å². The van der Waals surface area contributed by atoms with E-state index in [0.29, 0.717) is 36.1 Å². The maximum atomic E-state index is 13.3. The van der Waals surface area contributed by atoms with Gasteiger partial charge in [-0.3, -0.25) is 4.79 Å². The Hall–Kier alpha value is -1.96. The van der Waals surface area contributed by atoms with E-state index in [1.807, 2.05) is 0 Å². The zero-order valence-electron chi connectivity index (χ0n) is 15.5. The molecule has 1 heterocycles. The summed E-state index contributed by atoms with van der Waals surface area (Å²) in [5.41, 5.74) is 0.671. The van der Waals surface area contributed by atoms with Crippen LogP contribution in [0.1, 0.15) is 47.8 Å². The van der Waals surface area contributed by atoms with Gasteiger partial charge in [0.2, 0.25) is 0 Å². The second kappa shape index (κ2) is 7.13. The number of anilines is 1. The molecule has 28 heavy (non-hydrogen) atoms. The second-order valence-electron chi connectivity index (χ2n) is 8.15. The average molecular weight is 408 g/mol. The summed E-state index contributed by atoms with van der Waals surface area (Å²) < 4.78 is 15.0. The van der Waals surface area contributed by atoms with Crippen LogP contribution in [0.3, 0.4) is 0 Å². The number of carbonyl (C=O) groups excluding carboxylic acids is 1. The topological polar surface area (TPSA) is 87.4 Å². The summed E-state index contributed by atoms with van der Waals surface area (Å²) in [6, 6.07) is 4.05. The van der Waals surface area contributed by atoms with Crippen molar-refractivity contribution in [2.24, 2.45) is 18.9 Å². The van der Waals surface area contributed by atoms with E-state index in [0.717, 1.165) is 18.5 Å². The molecule has 1 aromatic heterocycles. The first kappa shape index (κ1) is 19.4. The van der Waals surface area contributed by atoms with Gasteiger partial charge in [-0.15, -0.1) is 0 Å². The van der Waals surface area contributed by atoms with E-state index in [-0.39, 0.29) is 23.5 Å². The highest BCUT2D eigenvalue weighted by Gasteiger charge is 2.49. The molecule has 1 aromatic carbocycles. The van der Waals surface area contributed by atoms with Gasteiger partial charge >= 0.3 is 0 Å². The van der Waals surface area contributed by atoms with Crippen molar-refractivity contribution >= 4 is 23.2 Å². The quantitative estimate of drug-likeness (QED) is 0.726. The Kier molecular flexibility index (Phi) is 4.93. The van der Waals surface area contributed by atoms with Gasteiger partial charge in [0.25, 0.3) is 5.91 Å². The van der Waals surface area contributed by atoms with Crippen LogP contribution >= 0.6 is 11.6 Å². The lowest BCUT2D eigenvalue weighted by Gasteiger charge is -2.21. The molecule has 0 radical (unpaired) electrons. The summed E-state index contributed by atoms with van der Waals surface area (Å²) in [6.07, 6.45) is 4.49. The zero-order valence-corrected chi connectivity index (χ0v) is 16.3. The fourth-order valence-electron chi connectivity index (χ4n) is 4.91. The first-order chi connectivity index (χ1) is 13.3. The number of nitrogens with zero attached hydrogens (tertiary/aromatic N) is 2. The Labute approximate surface area is 167 Å². The number of hydrogen-bond acceptors (Lipinski definition) is 4. The van der Waals surface area contributed by atoms with Crippen LogP contribution in [-0.2, 0) is 7.05 Å². The zero-order chi connectivity index (χ0) is 20.1. The van der Waals surface area contributed by atoms with E-state index in [4.69, 9.17) is 11.6 Å². The molecule has 2 unspecified atom stereocenters. The molecular weight excluding hydrogens is 385 g/mol. The third-order valence-electron chi connectivity index (χ3n) is 6.16. The summed E-state index contributed by atoms with van der Waals surface area (Å²) in [5, 5.41) is 22.5. The van der Waals surface area contributed by atoms with Gasteiger partial charge in [-0.2, -0.15) is 0 Å². The average Bonchev–Trinajstić information content (AvgIpc) is 3.29. The molecular formula is C20H23ClFN3O3. The van der Waals surface area contributed by atoms with Crippen LogP contribution in [-0.4, -0.2) is 37.9 Å². The molecule has 1 amide bonds. The Bertz CT molecular complexity index is 902. The number of amides is 1. The number of imidazole rings is 1. The highest BCUT2D eigenvalue weighted by Crippen LogP contribution is 2.53. The third kappa shape index (κ3) is 3.43. The molecule has 0 aliphatic heterocycles. The standard InChI is InChI=1S/C20H23ClFN3O3/c1-25-10-23-17(11-4-12-7-20(28,9-26)8-13(12)5-11)18(25)19(27)24-14-2-3-16(22)15(21)6-14/h2-3,6,10-13,26,28H,4-5,7-9H2,1H3,(H,24,27). The molecule has 8 heteroatoms. The largest absolute Gasteiger partial charge is 0.393 e. The maximum absolute atomic E-state index is 13.3. The van der Waals surface area contributed by atoms with E-state index < -0.39 is 11.4 Å². The maximum Gasteiger partial charge on any atom is 0.274 e. The van der Waals surface area contributed by atoms with Gasteiger partial charge in [-0.05, 0) is 55.7 Å². The molecule has 4 rings (SSSR count). The number of fused-ring (bicyclic) bond motifs is 1. The molecule has 2 fully saturated rings. The van der Waals surface area contributed by atoms with Crippen molar-refractivity contribution in [2.75, 3.05) is 11.9 Å². The molecule has 2 atom stereocenters. The Morgan fingerprint density at radius 2 is 2.07 bits per heavy atom. The van der Waals surface area contributed by atoms with Gasteiger partial charge in [-0.1, -0.05) is 11.6 Å². The smallest absolute Gasteiger partial charge is 0.274 e. The number of hydrogen-bond donors (Lipinski definition) is 3. The number of aliphatic hydroxyl groups is 2. The molecule has 150 valence electrons. The van der Waals surface area contributed by atoms with Crippen LogP contribution in [0.15, 0.2) is 24.5 Å². The van der Waals surface area contributed by atoms with Gasteiger partial charge in [-0.25, -0.2) is 9.37 Å². The number of benzene rings is 1. The van der Waals surface area contributed by atoms with Crippen LogP contribution in [0.2, 0.25) is 5.02 Å². The fourth-order valence-corrected chi connectivity index (χ4v) is 5.09. The van der Waals surface area contributed by atoms with Crippen LogP contribution in [0.25, 0.3) is 0 Å². The monoisotopic (exact) mass is 407 g/mol. The minimum absolute atomic E-state index is 0.0528. The van der Waals surface area contributed by atoms with Gasteiger partial charge < -0.3 is 20.1 Å². The van der Waals surface area contributed by atoms with Crippen molar-refractivity contribution in [1.82, 2.24) is 9.55 Å². The minimum Gasteiger partial charge on any atom is -0.393 e. The number of halogens is 2. The Morgan fingerprint density at radius 1 is 1.39 bits per heavy atom. The number of nitrogens with one attached hydrogen (secondary N) is 1. The SMILES string of the molecule is Cn1cnc(C2CC3CC(O)(CO)CC3C2)c1C(=O)Nc1ccc(F)c(Cl)c1. The Morgan fingerprint density at radius 3 is 2.68 bits per heavy atom. The lowest BCUT2D eigenvalue weighted by Crippen LogP contribution is -2.30. The fraction of sp³-hybridized carbons (Fsp3) is 0.500. The molecule has 2 aliphatic carbocycles. The number of rotatable bonds is 4. The molecule has 0 bridgehead atoms. The van der Waals surface area contributed by atoms with E-state index in [9.17, 15) is 19.4 Å². The first-order valence-electron chi connectivity index (χ1n) is 9.40. The summed E-state index contributed by atoms with van der Waals surface area (Å²) in [7, 11) is 1.77. The van der Waals surface area contributed by atoms with Crippen molar-refractivity contribution in [3.05, 3.63) is 46.8 Å². The lowest BCUT2D eigenvalue weighted by atomic mass is 9.93. The molecule has 3 N–H and O–H groups in total. The van der Waals surface area contributed by atoms with Crippen molar-refractivity contribution in [1.29, 1.82) is 0 Å². The molecule has 2 aromatic rings. The predicted molar refractivity (Wildman–Crippen MR) is 103 cm³/mol. The Balaban J connectivity index is 1.52. The van der Waals surface area contributed by atoms with Crippen molar-refractivity contribution in [3.8, 4) is 0 Å². The van der Waals surface area contributed by atoms with Crippen molar-refractivity contribution in [2.45, 2.75) is 37.2 Å². The van der Waals surface area contributed by atoms with Gasteiger partial charge in [0.05, 0.1) is 29.3 Å². The lowest BCUT2D eigenvalue weighted by molar-refractivity contribution is -0.0152.